The summed E-state index contributed by atoms with van der Waals surface area (Å²) in [7, 11) is 0. The van der Waals surface area contributed by atoms with Crippen LogP contribution < -0.4 is 11.1 Å². The van der Waals surface area contributed by atoms with Gasteiger partial charge in [-0.25, -0.2) is 0 Å². The highest BCUT2D eigenvalue weighted by Gasteiger charge is 2.50. The molecule has 2 bridgehead atoms. The Hall–Kier alpha value is -0.280. The molecule has 0 aromatic rings. The molecule has 0 aliphatic heterocycles. The van der Waals surface area contributed by atoms with Gasteiger partial charge in [0.25, 0.3) is 0 Å². The lowest BCUT2D eigenvalue weighted by atomic mass is 9.84. The molecule has 0 aromatic heterocycles. The molecule has 3 fully saturated rings. The number of amides is 1. The van der Waals surface area contributed by atoms with Gasteiger partial charge in [0.1, 0.15) is 0 Å². The van der Waals surface area contributed by atoms with Crippen molar-refractivity contribution in [3.63, 3.8) is 0 Å². The van der Waals surface area contributed by atoms with Gasteiger partial charge < -0.3 is 11.1 Å². The topological polar surface area (TPSA) is 55.1 Å². The molecule has 3 saturated carbocycles. The van der Waals surface area contributed by atoms with Crippen molar-refractivity contribution in [2.45, 2.75) is 57.5 Å². The van der Waals surface area contributed by atoms with Gasteiger partial charge in [-0.3, -0.25) is 4.79 Å². The van der Waals surface area contributed by atoms with Crippen LogP contribution >= 0.6 is 12.4 Å². The lowest BCUT2D eigenvalue weighted by molar-refractivity contribution is -0.127. The monoisotopic (exact) mass is 272 g/mol. The second kappa shape index (κ2) is 5.38. The van der Waals surface area contributed by atoms with Crippen LogP contribution in [0.1, 0.15) is 45.4 Å². The van der Waals surface area contributed by atoms with E-state index in [1.165, 1.54) is 38.5 Å². The second-order valence-electron chi connectivity index (χ2n) is 6.34. The summed E-state index contributed by atoms with van der Waals surface area (Å²) in [6.07, 6.45) is 7.34. The predicted molar refractivity (Wildman–Crippen MR) is 74.5 cm³/mol. The molecule has 3 aliphatic carbocycles. The Labute approximate surface area is 116 Å². The number of nitrogens with one attached hydrogen (secondary N) is 1. The molecule has 0 heterocycles. The van der Waals surface area contributed by atoms with Crippen LogP contribution in [0.4, 0.5) is 0 Å². The summed E-state index contributed by atoms with van der Waals surface area (Å²) in [6, 6.07) is 0.603. The van der Waals surface area contributed by atoms with Gasteiger partial charge in [0.15, 0.2) is 0 Å². The van der Waals surface area contributed by atoms with E-state index in [0.717, 1.165) is 5.92 Å². The van der Waals surface area contributed by atoms with E-state index in [-0.39, 0.29) is 30.3 Å². The summed E-state index contributed by atoms with van der Waals surface area (Å²) in [4.78, 5) is 12.3. The quantitative estimate of drug-likeness (QED) is 0.823. The number of carbonyl (C=O) groups is 1. The maximum atomic E-state index is 12.3. The molecule has 18 heavy (non-hydrogen) atoms. The van der Waals surface area contributed by atoms with Crippen molar-refractivity contribution in [3.05, 3.63) is 0 Å². The van der Waals surface area contributed by atoms with Gasteiger partial charge in [0, 0.05) is 12.1 Å². The first-order valence-corrected chi connectivity index (χ1v) is 7.26. The maximum Gasteiger partial charge on any atom is 0.225 e. The van der Waals surface area contributed by atoms with Crippen LogP contribution in [-0.4, -0.2) is 18.0 Å². The molecule has 3 nitrogen and oxygen atoms in total. The molecule has 4 heteroatoms. The molecular formula is C14H25ClN2O. The summed E-state index contributed by atoms with van der Waals surface area (Å²) in [6.45, 7) is 2.21. The highest BCUT2D eigenvalue weighted by Crippen LogP contribution is 2.48. The number of rotatable bonds is 4. The van der Waals surface area contributed by atoms with Crippen molar-refractivity contribution in [3.8, 4) is 0 Å². The lowest BCUT2D eigenvalue weighted by Gasteiger charge is -2.27. The Morgan fingerprint density at radius 2 is 2.00 bits per heavy atom. The van der Waals surface area contributed by atoms with Crippen LogP contribution in [0.25, 0.3) is 0 Å². The molecule has 3 rings (SSSR count). The highest BCUT2D eigenvalue weighted by atomic mass is 35.5. The van der Waals surface area contributed by atoms with Gasteiger partial charge in [-0.1, -0.05) is 13.3 Å². The molecule has 3 aliphatic rings. The van der Waals surface area contributed by atoms with E-state index in [1.807, 2.05) is 0 Å². The van der Waals surface area contributed by atoms with Gasteiger partial charge in [-0.05, 0) is 49.9 Å². The van der Waals surface area contributed by atoms with Crippen LogP contribution in [0.2, 0.25) is 0 Å². The highest BCUT2D eigenvalue weighted by molar-refractivity contribution is 5.85. The van der Waals surface area contributed by atoms with Gasteiger partial charge in [0.2, 0.25) is 5.91 Å². The Balaban J connectivity index is 0.00000120. The molecule has 104 valence electrons. The molecule has 6 unspecified atom stereocenters. The van der Waals surface area contributed by atoms with Crippen molar-refractivity contribution in [2.75, 3.05) is 0 Å². The average Bonchev–Trinajstić information content (AvgIpc) is 2.76. The Morgan fingerprint density at radius 3 is 2.61 bits per heavy atom. The fourth-order valence-electron chi connectivity index (χ4n) is 4.12. The SMILES string of the molecule is CCCC1CC1NC(=O)C1C2CCC(C2)C1N.Cl. The number of hydrogen-bond donors (Lipinski definition) is 2. The van der Waals surface area contributed by atoms with Crippen molar-refractivity contribution in [1.82, 2.24) is 5.32 Å². The van der Waals surface area contributed by atoms with Crippen molar-refractivity contribution < 1.29 is 4.79 Å². The molecule has 0 radical (unpaired) electrons. The number of carbonyl (C=O) groups excluding carboxylic acids is 1. The summed E-state index contributed by atoms with van der Waals surface area (Å²) in [5.74, 6) is 2.34. The van der Waals surface area contributed by atoms with E-state index in [2.05, 4.69) is 12.2 Å². The predicted octanol–water partition coefficient (Wildman–Crippen LogP) is 2.09. The summed E-state index contributed by atoms with van der Waals surface area (Å²) < 4.78 is 0. The molecule has 3 N–H and O–H groups in total. The zero-order valence-corrected chi connectivity index (χ0v) is 11.9. The minimum atomic E-state index is 0. The zero-order chi connectivity index (χ0) is 12.0. The van der Waals surface area contributed by atoms with Gasteiger partial charge in [0.05, 0.1) is 5.92 Å². The maximum absolute atomic E-state index is 12.3. The minimum absolute atomic E-state index is 0. The number of halogens is 1. The van der Waals surface area contributed by atoms with E-state index in [0.29, 0.717) is 17.9 Å². The van der Waals surface area contributed by atoms with E-state index in [1.54, 1.807) is 0 Å². The van der Waals surface area contributed by atoms with Crippen LogP contribution in [0.5, 0.6) is 0 Å². The lowest BCUT2D eigenvalue weighted by Crippen LogP contribution is -2.46. The molecule has 1 amide bonds. The van der Waals surface area contributed by atoms with E-state index in [9.17, 15) is 4.79 Å². The third-order valence-corrected chi connectivity index (χ3v) is 5.19. The number of hydrogen-bond acceptors (Lipinski definition) is 2. The second-order valence-corrected chi connectivity index (χ2v) is 6.34. The largest absolute Gasteiger partial charge is 0.353 e. The van der Waals surface area contributed by atoms with Crippen molar-refractivity contribution in [1.29, 1.82) is 0 Å². The number of nitrogens with two attached hydrogens (primary N) is 1. The Morgan fingerprint density at radius 1 is 1.28 bits per heavy atom. The fourth-order valence-corrected chi connectivity index (χ4v) is 4.12. The smallest absolute Gasteiger partial charge is 0.225 e. The van der Waals surface area contributed by atoms with E-state index < -0.39 is 0 Å². The normalized spacial score (nSPS) is 44.6. The minimum Gasteiger partial charge on any atom is -0.353 e. The van der Waals surface area contributed by atoms with Gasteiger partial charge in [-0.2, -0.15) is 0 Å². The summed E-state index contributed by atoms with van der Waals surface area (Å²) >= 11 is 0. The van der Waals surface area contributed by atoms with Crippen LogP contribution in [-0.2, 0) is 4.79 Å². The van der Waals surface area contributed by atoms with Gasteiger partial charge in [-0.15, -0.1) is 12.4 Å². The average molecular weight is 273 g/mol. The third-order valence-electron chi connectivity index (χ3n) is 5.19. The molecule has 0 saturated heterocycles. The third kappa shape index (κ3) is 2.39. The van der Waals surface area contributed by atoms with Crippen LogP contribution in [0, 0.1) is 23.7 Å². The molecular weight excluding hydrogens is 248 g/mol. The summed E-state index contributed by atoms with van der Waals surface area (Å²) in [5, 5.41) is 3.23. The molecule has 0 aromatic carbocycles. The van der Waals surface area contributed by atoms with Crippen LogP contribution in [0.15, 0.2) is 0 Å². The Kier molecular flexibility index (Phi) is 4.22. The molecule has 0 spiro atoms. The fraction of sp³-hybridized carbons (Fsp3) is 0.929. The standard InChI is InChI=1S/C14H24N2O.ClH/c1-2-3-8-7-11(8)16-14(17)12-9-4-5-10(6-9)13(12)15;/h8-13H,2-7,15H2,1H3,(H,16,17);1H. The van der Waals surface area contributed by atoms with E-state index in [4.69, 9.17) is 5.73 Å². The van der Waals surface area contributed by atoms with Crippen molar-refractivity contribution in [2.24, 2.45) is 29.4 Å². The van der Waals surface area contributed by atoms with Gasteiger partial charge >= 0.3 is 0 Å². The first-order valence-electron chi connectivity index (χ1n) is 7.26. The zero-order valence-electron chi connectivity index (χ0n) is 11.1. The summed E-state index contributed by atoms with van der Waals surface area (Å²) in [5.41, 5.74) is 6.19. The molecule has 6 atom stereocenters. The first kappa shape index (κ1) is 14.1. The van der Waals surface area contributed by atoms with E-state index >= 15 is 0 Å². The number of fused-ring (bicyclic) bond motifs is 2. The van der Waals surface area contributed by atoms with Crippen LogP contribution in [0.3, 0.4) is 0 Å². The van der Waals surface area contributed by atoms with Crippen molar-refractivity contribution >= 4 is 18.3 Å². The first-order chi connectivity index (χ1) is 8.20. The Bertz CT molecular complexity index is 321.